The number of hydrogen-bond donors (Lipinski definition) is 3. The van der Waals surface area contributed by atoms with Crippen molar-refractivity contribution >= 4 is 40.8 Å². The van der Waals surface area contributed by atoms with Crippen molar-refractivity contribution in [1.29, 1.82) is 0 Å². The maximum absolute atomic E-state index is 11.7. The van der Waals surface area contributed by atoms with E-state index in [0.29, 0.717) is 35.2 Å². The summed E-state index contributed by atoms with van der Waals surface area (Å²) in [5, 5.41) is 3.49. The van der Waals surface area contributed by atoms with Crippen molar-refractivity contribution in [2.24, 2.45) is 22.4 Å². The summed E-state index contributed by atoms with van der Waals surface area (Å²) in [4.78, 5) is 31.9. The van der Waals surface area contributed by atoms with Crippen LogP contribution >= 0.6 is 11.8 Å². The number of amides is 1. The predicted octanol–water partition coefficient (Wildman–Crippen LogP) is 4.28. The highest BCUT2D eigenvalue weighted by atomic mass is 32.2. The Balaban J connectivity index is 1.35. The molecule has 0 bridgehead atoms. The summed E-state index contributed by atoms with van der Waals surface area (Å²) in [5.74, 6) is 2.19. The van der Waals surface area contributed by atoms with Crippen molar-refractivity contribution in [2.45, 2.75) is 68.0 Å². The first kappa shape index (κ1) is 26.5. The second kappa shape index (κ2) is 12.2. The van der Waals surface area contributed by atoms with Gasteiger partial charge in [-0.1, -0.05) is 6.92 Å². The van der Waals surface area contributed by atoms with Gasteiger partial charge in [0.2, 0.25) is 5.91 Å². The quantitative estimate of drug-likeness (QED) is 0.247. The minimum atomic E-state index is -0.00796. The topological polar surface area (TPSA) is 126 Å². The Morgan fingerprint density at radius 2 is 1.79 bits per heavy atom. The van der Waals surface area contributed by atoms with Gasteiger partial charge < -0.3 is 26.6 Å². The number of carbonyl (C=O) groups excluding carboxylic acids is 1. The summed E-state index contributed by atoms with van der Waals surface area (Å²) in [6, 6.07) is 10.3. The van der Waals surface area contributed by atoms with Crippen LogP contribution in [0, 0.1) is 5.92 Å². The van der Waals surface area contributed by atoms with Crippen LogP contribution in [0.1, 0.15) is 51.9 Å². The second-order valence-corrected chi connectivity index (χ2v) is 11.4. The van der Waals surface area contributed by atoms with Crippen molar-refractivity contribution in [3.63, 3.8) is 0 Å². The number of likely N-dealkylation sites (tertiary alicyclic amines) is 1. The number of anilines is 2. The van der Waals surface area contributed by atoms with Gasteiger partial charge in [0.05, 0.1) is 0 Å². The van der Waals surface area contributed by atoms with Gasteiger partial charge in [0, 0.05) is 47.9 Å². The van der Waals surface area contributed by atoms with Gasteiger partial charge in [-0.2, -0.15) is 0 Å². The van der Waals surface area contributed by atoms with E-state index < -0.39 is 0 Å². The zero-order valence-electron chi connectivity index (χ0n) is 22.1. The van der Waals surface area contributed by atoms with Crippen LogP contribution in [-0.2, 0) is 4.79 Å². The fourth-order valence-electron chi connectivity index (χ4n) is 5.06. The smallest absolute Gasteiger partial charge is 0.224 e. The third-order valence-corrected chi connectivity index (χ3v) is 8.27. The molecule has 2 aliphatic heterocycles. The molecule has 0 spiro atoms. The van der Waals surface area contributed by atoms with E-state index in [1.165, 1.54) is 37.7 Å². The Morgan fingerprint density at radius 3 is 2.45 bits per heavy atom. The van der Waals surface area contributed by atoms with E-state index in [9.17, 15) is 4.79 Å². The molecular formula is C28H38N8OS. The Hall–Kier alpha value is -3.11. The lowest BCUT2D eigenvalue weighted by Crippen LogP contribution is -2.44. The molecule has 0 atom stereocenters. The number of carbonyl (C=O) groups is 1. The molecule has 5 N–H and O–H groups in total. The molecule has 1 amide bonds. The highest BCUT2D eigenvalue weighted by Crippen LogP contribution is 2.34. The number of amidine groups is 1. The molecule has 1 saturated carbocycles. The number of hydrogen-bond acceptors (Lipinski definition) is 8. The summed E-state index contributed by atoms with van der Waals surface area (Å²) >= 11 is 1.47. The minimum Gasteiger partial charge on any atom is -0.402 e. The van der Waals surface area contributed by atoms with Crippen LogP contribution in [-0.4, -0.2) is 58.8 Å². The molecule has 2 saturated heterocycles. The molecule has 0 unspecified atom stereocenters. The first-order valence-electron chi connectivity index (χ1n) is 13.7. The molecule has 1 aromatic heterocycles. The van der Waals surface area contributed by atoms with E-state index in [4.69, 9.17) is 21.4 Å². The third-order valence-electron chi connectivity index (χ3n) is 7.40. The van der Waals surface area contributed by atoms with Gasteiger partial charge >= 0.3 is 0 Å². The Morgan fingerprint density at radius 1 is 1.08 bits per heavy atom. The zero-order valence-corrected chi connectivity index (χ0v) is 22.9. The molecule has 1 aromatic carbocycles. The fourth-order valence-corrected chi connectivity index (χ4v) is 5.83. The number of aromatic nitrogens is 2. The van der Waals surface area contributed by atoms with Gasteiger partial charge in [-0.05, 0) is 99.6 Å². The maximum atomic E-state index is 11.7. The van der Waals surface area contributed by atoms with Crippen LogP contribution in [0.2, 0.25) is 0 Å². The number of nitrogens with one attached hydrogen (secondary N) is 1. The van der Waals surface area contributed by atoms with Crippen molar-refractivity contribution < 1.29 is 4.79 Å². The minimum absolute atomic E-state index is 0.00796. The van der Waals surface area contributed by atoms with Crippen molar-refractivity contribution in [3.8, 4) is 0 Å². The normalized spacial score (nSPS) is 19.7. The Kier molecular flexibility index (Phi) is 8.48. The summed E-state index contributed by atoms with van der Waals surface area (Å²) in [6.45, 7) is 6.22. The first-order chi connectivity index (χ1) is 18.5. The van der Waals surface area contributed by atoms with E-state index in [1.807, 2.05) is 37.3 Å². The Labute approximate surface area is 229 Å². The van der Waals surface area contributed by atoms with Crippen LogP contribution in [0.25, 0.3) is 0 Å². The van der Waals surface area contributed by atoms with Gasteiger partial charge in [0.15, 0.2) is 11.0 Å². The number of allylic oxidation sites excluding steroid dienone is 1. The maximum Gasteiger partial charge on any atom is 0.224 e. The molecule has 3 heterocycles. The predicted molar refractivity (Wildman–Crippen MR) is 154 cm³/mol. The SMILES string of the molecule is CCC(=O)Nc1ccc(Sc2nc(N=C(N)C=C(N)C3CC3)cc(N3CCC(N4CCCC4)CC3)n2)cc1. The average molecular weight is 535 g/mol. The summed E-state index contributed by atoms with van der Waals surface area (Å²) < 4.78 is 0. The number of nitrogens with zero attached hydrogens (tertiary/aromatic N) is 5. The first-order valence-corrected chi connectivity index (χ1v) is 14.6. The van der Waals surface area contributed by atoms with Gasteiger partial charge in [-0.15, -0.1) is 0 Å². The molecule has 9 nitrogen and oxygen atoms in total. The van der Waals surface area contributed by atoms with Gasteiger partial charge in [0.25, 0.3) is 0 Å². The Bertz CT molecular complexity index is 1180. The lowest BCUT2D eigenvalue weighted by molar-refractivity contribution is -0.115. The van der Waals surface area contributed by atoms with E-state index >= 15 is 0 Å². The molecule has 2 aromatic rings. The van der Waals surface area contributed by atoms with Crippen LogP contribution in [0.4, 0.5) is 17.3 Å². The van der Waals surface area contributed by atoms with Crippen LogP contribution in [0.5, 0.6) is 0 Å². The largest absolute Gasteiger partial charge is 0.402 e. The standard InChI is InChI=1S/C28H38N8OS/c1-2-27(37)31-20-7-9-22(10-8-20)38-28-33-25(32-24(30)17-23(29)19-5-6-19)18-26(34-28)36-15-11-21(12-16-36)35-13-3-4-14-35/h7-10,17-19,21H,2-6,11-16,29H2,1H3,(H,31,37)(H2,30,32,33,34). The summed E-state index contributed by atoms with van der Waals surface area (Å²) in [6.07, 6.45) is 9.35. The van der Waals surface area contributed by atoms with Gasteiger partial charge in [0.1, 0.15) is 11.7 Å². The summed E-state index contributed by atoms with van der Waals surface area (Å²) in [7, 11) is 0. The molecule has 10 heteroatoms. The number of rotatable bonds is 9. The molecule has 38 heavy (non-hydrogen) atoms. The van der Waals surface area contributed by atoms with Gasteiger partial charge in [-0.3, -0.25) is 4.79 Å². The van der Waals surface area contributed by atoms with E-state index in [0.717, 1.165) is 60.9 Å². The van der Waals surface area contributed by atoms with Crippen molar-refractivity contribution in [3.05, 3.63) is 42.1 Å². The second-order valence-electron chi connectivity index (χ2n) is 10.3. The lowest BCUT2D eigenvalue weighted by Gasteiger charge is -2.37. The molecule has 0 radical (unpaired) electrons. The van der Waals surface area contributed by atoms with Gasteiger partial charge in [-0.25, -0.2) is 15.0 Å². The van der Waals surface area contributed by atoms with E-state index in [1.54, 1.807) is 6.08 Å². The van der Waals surface area contributed by atoms with Crippen molar-refractivity contribution in [1.82, 2.24) is 14.9 Å². The van der Waals surface area contributed by atoms with Crippen LogP contribution in [0.3, 0.4) is 0 Å². The number of piperidine rings is 1. The number of benzene rings is 1. The average Bonchev–Trinajstić information content (AvgIpc) is 3.64. The molecule has 202 valence electrons. The fraction of sp³-hybridized carbons (Fsp3) is 0.500. The molecule has 3 fully saturated rings. The monoisotopic (exact) mass is 534 g/mol. The molecule has 1 aliphatic carbocycles. The highest BCUT2D eigenvalue weighted by Gasteiger charge is 2.27. The van der Waals surface area contributed by atoms with Crippen LogP contribution < -0.4 is 21.7 Å². The van der Waals surface area contributed by atoms with E-state index in [2.05, 4.69) is 20.1 Å². The molecule has 5 rings (SSSR count). The third kappa shape index (κ3) is 7.05. The number of nitrogens with two attached hydrogens (primary N) is 2. The zero-order chi connectivity index (χ0) is 26.5. The number of aliphatic imine (C=N–C) groups is 1. The summed E-state index contributed by atoms with van der Waals surface area (Å²) in [5.41, 5.74) is 13.9. The van der Waals surface area contributed by atoms with E-state index in [-0.39, 0.29) is 5.91 Å². The molecular weight excluding hydrogens is 496 g/mol. The van der Waals surface area contributed by atoms with Crippen molar-refractivity contribution in [2.75, 3.05) is 36.4 Å². The van der Waals surface area contributed by atoms with Crippen LogP contribution in [0.15, 0.2) is 57.1 Å². The molecule has 3 aliphatic rings. The highest BCUT2D eigenvalue weighted by molar-refractivity contribution is 7.99. The lowest BCUT2D eigenvalue weighted by atomic mass is 10.0.